The molecule has 0 bridgehead atoms. The summed E-state index contributed by atoms with van der Waals surface area (Å²) in [5.74, 6) is 0.703. The van der Waals surface area contributed by atoms with Gasteiger partial charge in [-0.25, -0.2) is 0 Å². The lowest BCUT2D eigenvalue weighted by Gasteiger charge is -2.11. The molecule has 0 saturated carbocycles. The van der Waals surface area contributed by atoms with E-state index >= 15 is 0 Å². The molecule has 4 nitrogen and oxygen atoms in total. The summed E-state index contributed by atoms with van der Waals surface area (Å²) in [5.41, 5.74) is 1.88. The van der Waals surface area contributed by atoms with Gasteiger partial charge in [0.25, 0.3) is 5.91 Å². The van der Waals surface area contributed by atoms with E-state index in [0.29, 0.717) is 13.2 Å². The Kier molecular flexibility index (Phi) is 4.71. The minimum absolute atomic E-state index is 0.0737. The first kappa shape index (κ1) is 14.6. The highest BCUT2D eigenvalue weighted by molar-refractivity contribution is 5.94. The summed E-state index contributed by atoms with van der Waals surface area (Å²) in [5, 5.41) is 2.87. The third kappa shape index (κ3) is 3.86. The van der Waals surface area contributed by atoms with E-state index in [-0.39, 0.29) is 12.0 Å². The van der Waals surface area contributed by atoms with Gasteiger partial charge in [-0.05, 0) is 42.7 Å². The van der Waals surface area contributed by atoms with Crippen LogP contribution < -0.4 is 10.1 Å². The molecule has 1 N–H and O–H groups in total. The fourth-order valence-corrected chi connectivity index (χ4v) is 2.38. The normalized spacial score (nSPS) is 17.2. The number of amides is 1. The van der Waals surface area contributed by atoms with Gasteiger partial charge in [0.15, 0.2) is 0 Å². The highest BCUT2D eigenvalue weighted by Crippen LogP contribution is 2.19. The first-order valence-electron chi connectivity index (χ1n) is 7.50. The van der Waals surface area contributed by atoms with E-state index in [2.05, 4.69) is 5.32 Å². The molecule has 1 amide bonds. The summed E-state index contributed by atoms with van der Waals surface area (Å²) < 4.78 is 11.1. The van der Waals surface area contributed by atoms with Crippen LogP contribution in [-0.2, 0) is 16.1 Å². The second-order valence-electron chi connectivity index (χ2n) is 5.29. The number of nitrogens with one attached hydrogen (secondary N) is 1. The monoisotopic (exact) mass is 297 g/mol. The van der Waals surface area contributed by atoms with Gasteiger partial charge in [-0.2, -0.15) is 0 Å². The third-order valence-corrected chi connectivity index (χ3v) is 3.59. The number of anilines is 1. The van der Waals surface area contributed by atoms with Gasteiger partial charge in [0, 0.05) is 12.3 Å². The lowest BCUT2D eigenvalue weighted by molar-refractivity contribution is -0.124. The molecular weight excluding hydrogens is 278 g/mol. The smallest absolute Gasteiger partial charge is 0.253 e. The topological polar surface area (TPSA) is 47.6 Å². The van der Waals surface area contributed by atoms with E-state index in [1.807, 2.05) is 54.6 Å². The predicted molar refractivity (Wildman–Crippen MR) is 84.8 cm³/mol. The van der Waals surface area contributed by atoms with Gasteiger partial charge >= 0.3 is 0 Å². The molecule has 0 unspecified atom stereocenters. The maximum atomic E-state index is 11.9. The Morgan fingerprint density at radius 3 is 2.59 bits per heavy atom. The van der Waals surface area contributed by atoms with Crippen molar-refractivity contribution in [1.82, 2.24) is 0 Å². The molecule has 0 radical (unpaired) electrons. The molecule has 1 heterocycles. The van der Waals surface area contributed by atoms with Crippen molar-refractivity contribution in [2.24, 2.45) is 0 Å². The van der Waals surface area contributed by atoms with Crippen LogP contribution in [0.15, 0.2) is 54.6 Å². The van der Waals surface area contributed by atoms with Crippen LogP contribution in [0, 0.1) is 0 Å². The van der Waals surface area contributed by atoms with E-state index in [1.54, 1.807) is 0 Å². The van der Waals surface area contributed by atoms with Crippen LogP contribution in [-0.4, -0.2) is 18.6 Å². The highest BCUT2D eigenvalue weighted by Gasteiger charge is 2.23. The molecule has 4 heteroatoms. The van der Waals surface area contributed by atoms with Crippen molar-refractivity contribution < 1.29 is 14.3 Å². The maximum absolute atomic E-state index is 11.9. The summed E-state index contributed by atoms with van der Waals surface area (Å²) in [6.07, 6.45) is 1.43. The summed E-state index contributed by atoms with van der Waals surface area (Å²) in [6.45, 7) is 1.20. The average molecular weight is 297 g/mol. The molecule has 1 aliphatic rings. The van der Waals surface area contributed by atoms with Crippen LogP contribution in [0.4, 0.5) is 5.69 Å². The Morgan fingerprint density at radius 2 is 1.91 bits per heavy atom. The first-order valence-corrected chi connectivity index (χ1v) is 7.50. The zero-order valence-corrected chi connectivity index (χ0v) is 12.3. The third-order valence-electron chi connectivity index (χ3n) is 3.59. The lowest BCUT2D eigenvalue weighted by Crippen LogP contribution is -2.26. The van der Waals surface area contributed by atoms with Crippen molar-refractivity contribution in [2.45, 2.75) is 25.6 Å². The number of hydrogen-bond acceptors (Lipinski definition) is 3. The Labute approximate surface area is 130 Å². The largest absolute Gasteiger partial charge is 0.489 e. The van der Waals surface area contributed by atoms with E-state index < -0.39 is 0 Å². The molecular formula is C18H19NO3. The molecule has 2 aromatic carbocycles. The van der Waals surface area contributed by atoms with Crippen molar-refractivity contribution in [2.75, 3.05) is 11.9 Å². The van der Waals surface area contributed by atoms with Crippen LogP contribution in [0.3, 0.4) is 0 Å². The standard InChI is InChI=1S/C18H19NO3/c20-18(17-7-4-12-21-17)19-15-8-10-16(11-9-15)22-13-14-5-2-1-3-6-14/h1-3,5-6,8-11,17H,4,7,12-13H2,(H,19,20)/t17-/m0/s1. The van der Waals surface area contributed by atoms with Crippen LogP contribution in [0.2, 0.25) is 0 Å². The fraction of sp³-hybridized carbons (Fsp3) is 0.278. The van der Waals surface area contributed by atoms with Crippen LogP contribution >= 0.6 is 0 Å². The Morgan fingerprint density at radius 1 is 1.14 bits per heavy atom. The van der Waals surface area contributed by atoms with E-state index in [0.717, 1.165) is 29.8 Å². The Hall–Kier alpha value is -2.33. The predicted octanol–water partition coefficient (Wildman–Crippen LogP) is 3.38. The number of benzene rings is 2. The van der Waals surface area contributed by atoms with E-state index in [1.165, 1.54) is 0 Å². The average Bonchev–Trinajstić information content (AvgIpc) is 3.10. The molecule has 1 fully saturated rings. The molecule has 22 heavy (non-hydrogen) atoms. The summed E-state index contributed by atoms with van der Waals surface area (Å²) in [6, 6.07) is 17.4. The summed E-state index contributed by atoms with van der Waals surface area (Å²) in [4.78, 5) is 11.9. The molecule has 3 rings (SSSR count). The van der Waals surface area contributed by atoms with Gasteiger partial charge < -0.3 is 14.8 Å². The molecule has 2 aromatic rings. The van der Waals surface area contributed by atoms with E-state index in [4.69, 9.17) is 9.47 Å². The molecule has 0 aliphatic carbocycles. The zero-order valence-electron chi connectivity index (χ0n) is 12.3. The molecule has 114 valence electrons. The fourth-order valence-electron chi connectivity index (χ4n) is 2.38. The second kappa shape index (κ2) is 7.09. The SMILES string of the molecule is O=C(Nc1ccc(OCc2ccccc2)cc1)[C@@H]1CCCO1. The minimum Gasteiger partial charge on any atom is -0.489 e. The second-order valence-corrected chi connectivity index (χ2v) is 5.29. The van der Waals surface area contributed by atoms with E-state index in [9.17, 15) is 4.79 Å². The van der Waals surface area contributed by atoms with Gasteiger partial charge in [0.1, 0.15) is 18.5 Å². The summed E-state index contributed by atoms with van der Waals surface area (Å²) in [7, 11) is 0. The van der Waals surface area contributed by atoms with Gasteiger partial charge in [0.05, 0.1) is 0 Å². The van der Waals surface area contributed by atoms with Crippen LogP contribution in [0.1, 0.15) is 18.4 Å². The van der Waals surface area contributed by atoms with Crippen molar-refractivity contribution >= 4 is 11.6 Å². The molecule has 1 saturated heterocycles. The minimum atomic E-state index is -0.311. The number of carbonyl (C=O) groups excluding carboxylic acids is 1. The number of carbonyl (C=O) groups is 1. The maximum Gasteiger partial charge on any atom is 0.253 e. The molecule has 1 aliphatic heterocycles. The zero-order chi connectivity index (χ0) is 15.2. The lowest BCUT2D eigenvalue weighted by atomic mass is 10.2. The molecule has 0 aromatic heterocycles. The highest BCUT2D eigenvalue weighted by atomic mass is 16.5. The van der Waals surface area contributed by atoms with Gasteiger partial charge in [-0.3, -0.25) is 4.79 Å². The van der Waals surface area contributed by atoms with Gasteiger partial charge in [-0.15, -0.1) is 0 Å². The number of ether oxygens (including phenoxy) is 2. The molecule has 1 atom stereocenters. The van der Waals surface area contributed by atoms with Crippen molar-refractivity contribution in [3.8, 4) is 5.75 Å². The van der Waals surface area contributed by atoms with Crippen molar-refractivity contribution in [3.63, 3.8) is 0 Å². The van der Waals surface area contributed by atoms with Crippen LogP contribution in [0.5, 0.6) is 5.75 Å². The van der Waals surface area contributed by atoms with Crippen LogP contribution in [0.25, 0.3) is 0 Å². The van der Waals surface area contributed by atoms with Gasteiger partial charge in [0.2, 0.25) is 0 Å². The van der Waals surface area contributed by atoms with Gasteiger partial charge in [-0.1, -0.05) is 30.3 Å². The summed E-state index contributed by atoms with van der Waals surface area (Å²) >= 11 is 0. The Balaban J connectivity index is 1.52. The molecule has 0 spiro atoms. The van der Waals surface area contributed by atoms with Crippen molar-refractivity contribution in [3.05, 3.63) is 60.2 Å². The first-order chi connectivity index (χ1) is 10.8. The Bertz CT molecular complexity index is 604. The number of rotatable bonds is 5. The number of hydrogen-bond donors (Lipinski definition) is 1. The quantitative estimate of drug-likeness (QED) is 0.920. The van der Waals surface area contributed by atoms with Crippen molar-refractivity contribution in [1.29, 1.82) is 0 Å².